The Balaban J connectivity index is 1.52. The van der Waals surface area contributed by atoms with Gasteiger partial charge in [0.1, 0.15) is 12.4 Å². The van der Waals surface area contributed by atoms with Gasteiger partial charge < -0.3 is 9.84 Å². The van der Waals surface area contributed by atoms with Gasteiger partial charge >= 0.3 is 5.97 Å². The van der Waals surface area contributed by atoms with Crippen LogP contribution < -0.4 is 4.74 Å². The number of ether oxygens (including phenoxy) is 1. The van der Waals surface area contributed by atoms with Gasteiger partial charge in [-0.2, -0.15) is 5.10 Å². The number of aromatic nitrogens is 3. The molecule has 1 N–H and O–H groups in total. The highest BCUT2D eigenvalue weighted by Gasteiger charge is 2.21. The third-order valence-electron chi connectivity index (χ3n) is 5.44. The molecular weight excluding hydrogens is 446 g/mol. The third kappa shape index (κ3) is 4.33. The minimum atomic E-state index is -1.06. The molecule has 168 valence electrons. The zero-order chi connectivity index (χ0) is 23.5. The van der Waals surface area contributed by atoms with Crippen LogP contribution in [0.5, 0.6) is 5.75 Å². The molecule has 6 nitrogen and oxygen atoms in total. The fraction of sp³-hybridized carbons (Fsp3) is 0.0741. The smallest absolute Gasteiger partial charge is 0.355 e. The molecule has 0 aliphatic rings. The Morgan fingerprint density at radius 2 is 1.62 bits per heavy atom. The molecule has 0 aliphatic heterocycles. The summed E-state index contributed by atoms with van der Waals surface area (Å²) in [7, 11) is 0. The van der Waals surface area contributed by atoms with E-state index in [-0.39, 0.29) is 5.69 Å². The van der Waals surface area contributed by atoms with Crippen LogP contribution >= 0.6 is 11.3 Å². The number of benzene rings is 3. The maximum Gasteiger partial charge on any atom is 0.355 e. The van der Waals surface area contributed by atoms with E-state index in [0.29, 0.717) is 11.7 Å². The number of rotatable bonds is 7. The van der Waals surface area contributed by atoms with E-state index in [9.17, 15) is 9.90 Å². The molecule has 0 bridgehead atoms. The lowest BCUT2D eigenvalue weighted by molar-refractivity contribution is 0.0691. The first-order chi connectivity index (χ1) is 16.6. The predicted molar refractivity (Wildman–Crippen MR) is 133 cm³/mol. The van der Waals surface area contributed by atoms with E-state index in [0.717, 1.165) is 39.4 Å². The van der Waals surface area contributed by atoms with Crippen molar-refractivity contribution in [3.63, 3.8) is 0 Å². The summed E-state index contributed by atoms with van der Waals surface area (Å²) < 4.78 is 7.67. The standard InChI is InChI=1S/C27H21N3O3S/c1-18-24(20-10-6-3-7-11-20)29-30(27-28-23(17-34-27)26(31)32)25(18)21-12-14-22(15-13-21)33-16-19-8-4-2-5-9-19/h2-15,17H,16H2,1H3,(H,31,32). The van der Waals surface area contributed by atoms with Crippen molar-refractivity contribution in [2.75, 3.05) is 0 Å². The summed E-state index contributed by atoms with van der Waals surface area (Å²) in [5, 5.41) is 16.2. The number of nitrogens with zero attached hydrogens (tertiary/aromatic N) is 3. The van der Waals surface area contributed by atoms with E-state index in [4.69, 9.17) is 9.84 Å². The van der Waals surface area contributed by atoms with E-state index >= 15 is 0 Å². The van der Waals surface area contributed by atoms with Gasteiger partial charge in [0.15, 0.2) is 5.69 Å². The molecule has 0 amide bonds. The SMILES string of the molecule is Cc1c(-c2ccccc2)nn(-c2nc(C(=O)O)cs2)c1-c1ccc(OCc2ccccc2)cc1. The second-order valence-electron chi connectivity index (χ2n) is 7.72. The second-order valence-corrected chi connectivity index (χ2v) is 8.56. The first-order valence-electron chi connectivity index (χ1n) is 10.7. The molecule has 0 spiro atoms. The lowest BCUT2D eigenvalue weighted by Gasteiger charge is -2.09. The number of carboxylic acids is 1. The van der Waals surface area contributed by atoms with Crippen LogP contribution in [0.15, 0.2) is 90.3 Å². The van der Waals surface area contributed by atoms with Gasteiger partial charge in [-0.15, -0.1) is 11.3 Å². The number of thiazole rings is 1. The lowest BCUT2D eigenvalue weighted by atomic mass is 10.0. The Bertz CT molecular complexity index is 1430. The van der Waals surface area contributed by atoms with Crippen molar-refractivity contribution in [3.05, 3.63) is 107 Å². The van der Waals surface area contributed by atoms with Crippen LogP contribution in [0.25, 0.3) is 27.6 Å². The number of aromatic carboxylic acids is 1. The molecule has 5 rings (SSSR count). The van der Waals surface area contributed by atoms with Gasteiger partial charge in [0, 0.05) is 22.1 Å². The number of carboxylic acid groups (broad SMARTS) is 1. The Hall–Kier alpha value is -4.23. The summed E-state index contributed by atoms with van der Waals surface area (Å²) in [4.78, 5) is 15.7. The molecule has 0 atom stereocenters. The average Bonchev–Trinajstić information content (AvgIpc) is 3.49. The Morgan fingerprint density at radius 1 is 0.941 bits per heavy atom. The van der Waals surface area contributed by atoms with Gasteiger partial charge in [0.05, 0.1) is 11.4 Å². The van der Waals surface area contributed by atoms with Crippen LogP contribution in [-0.2, 0) is 6.61 Å². The first-order valence-corrected chi connectivity index (χ1v) is 11.6. The molecule has 5 aromatic rings. The van der Waals surface area contributed by atoms with Gasteiger partial charge in [0.2, 0.25) is 5.13 Å². The summed E-state index contributed by atoms with van der Waals surface area (Å²) in [6.07, 6.45) is 0. The average molecular weight is 468 g/mol. The normalized spacial score (nSPS) is 10.9. The van der Waals surface area contributed by atoms with Crippen molar-refractivity contribution in [3.8, 4) is 33.4 Å². The highest BCUT2D eigenvalue weighted by atomic mass is 32.1. The molecule has 2 aromatic heterocycles. The summed E-state index contributed by atoms with van der Waals surface area (Å²) in [5.41, 5.74) is 5.70. The second kappa shape index (κ2) is 9.33. The van der Waals surface area contributed by atoms with Crippen LogP contribution in [0.3, 0.4) is 0 Å². The number of hydrogen-bond donors (Lipinski definition) is 1. The molecule has 2 heterocycles. The monoisotopic (exact) mass is 467 g/mol. The summed E-state index contributed by atoms with van der Waals surface area (Å²) in [6, 6.07) is 27.8. The van der Waals surface area contributed by atoms with Crippen molar-refractivity contribution in [1.82, 2.24) is 14.8 Å². The minimum absolute atomic E-state index is 0.00465. The van der Waals surface area contributed by atoms with Gasteiger partial charge in [-0.3, -0.25) is 0 Å². The van der Waals surface area contributed by atoms with E-state index in [2.05, 4.69) is 4.98 Å². The van der Waals surface area contributed by atoms with E-state index in [1.54, 1.807) is 4.68 Å². The number of carbonyl (C=O) groups is 1. The molecule has 7 heteroatoms. The van der Waals surface area contributed by atoms with Crippen LogP contribution in [0.2, 0.25) is 0 Å². The zero-order valence-corrected chi connectivity index (χ0v) is 19.2. The maximum absolute atomic E-state index is 11.4. The van der Waals surface area contributed by atoms with Gasteiger partial charge in [-0.1, -0.05) is 60.7 Å². The highest BCUT2D eigenvalue weighted by molar-refractivity contribution is 7.12. The predicted octanol–water partition coefficient (Wildman–Crippen LogP) is 6.25. The Morgan fingerprint density at radius 3 is 2.26 bits per heavy atom. The fourth-order valence-electron chi connectivity index (χ4n) is 3.75. The van der Waals surface area contributed by atoms with E-state index in [1.807, 2.05) is 91.9 Å². The highest BCUT2D eigenvalue weighted by Crippen LogP contribution is 2.35. The molecule has 0 unspecified atom stereocenters. The first kappa shape index (κ1) is 21.6. The molecule has 0 saturated heterocycles. The van der Waals surface area contributed by atoms with Crippen LogP contribution in [0, 0.1) is 6.92 Å². The van der Waals surface area contributed by atoms with Crippen LogP contribution in [-0.4, -0.2) is 25.8 Å². The van der Waals surface area contributed by atoms with Crippen LogP contribution in [0.4, 0.5) is 0 Å². The quantitative estimate of drug-likeness (QED) is 0.306. The van der Waals surface area contributed by atoms with Crippen molar-refractivity contribution < 1.29 is 14.6 Å². The fourth-order valence-corrected chi connectivity index (χ4v) is 4.51. The minimum Gasteiger partial charge on any atom is -0.489 e. The number of hydrogen-bond acceptors (Lipinski definition) is 5. The lowest BCUT2D eigenvalue weighted by Crippen LogP contribution is -2.02. The van der Waals surface area contributed by atoms with Crippen molar-refractivity contribution in [1.29, 1.82) is 0 Å². The summed E-state index contributed by atoms with van der Waals surface area (Å²) in [6.45, 7) is 2.51. The zero-order valence-electron chi connectivity index (χ0n) is 18.4. The van der Waals surface area contributed by atoms with Crippen LogP contribution in [0.1, 0.15) is 21.6 Å². The van der Waals surface area contributed by atoms with Gasteiger partial charge in [-0.25, -0.2) is 14.5 Å². The summed E-state index contributed by atoms with van der Waals surface area (Å²) in [5.74, 6) is -0.293. The van der Waals surface area contributed by atoms with E-state index < -0.39 is 5.97 Å². The topological polar surface area (TPSA) is 77.2 Å². The molecule has 34 heavy (non-hydrogen) atoms. The Kier molecular flexibility index (Phi) is 5.93. The molecule has 0 fully saturated rings. The van der Waals surface area contributed by atoms with Crippen molar-refractivity contribution in [2.45, 2.75) is 13.5 Å². The third-order valence-corrected chi connectivity index (χ3v) is 6.25. The van der Waals surface area contributed by atoms with Crippen molar-refractivity contribution in [2.24, 2.45) is 0 Å². The van der Waals surface area contributed by atoms with Gasteiger partial charge in [-0.05, 0) is 36.8 Å². The maximum atomic E-state index is 11.4. The molecule has 0 radical (unpaired) electrons. The Labute approximate surface area is 200 Å². The summed E-state index contributed by atoms with van der Waals surface area (Å²) >= 11 is 1.25. The van der Waals surface area contributed by atoms with Crippen molar-refractivity contribution >= 4 is 17.3 Å². The molecular formula is C27H21N3O3S. The molecule has 0 aliphatic carbocycles. The largest absolute Gasteiger partial charge is 0.489 e. The molecule has 0 saturated carbocycles. The van der Waals surface area contributed by atoms with Gasteiger partial charge in [0.25, 0.3) is 0 Å². The van der Waals surface area contributed by atoms with E-state index in [1.165, 1.54) is 16.7 Å². The molecule has 3 aromatic carbocycles.